The van der Waals surface area contributed by atoms with Gasteiger partial charge in [0.25, 0.3) is 11.8 Å². The minimum Gasteiger partial charge on any atom is -0.493 e. The van der Waals surface area contributed by atoms with Gasteiger partial charge in [-0.15, -0.1) is 0 Å². The van der Waals surface area contributed by atoms with Gasteiger partial charge in [0.1, 0.15) is 5.75 Å². The molecule has 0 aromatic heterocycles. The van der Waals surface area contributed by atoms with Crippen molar-refractivity contribution < 1.29 is 14.3 Å². The lowest BCUT2D eigenvalue weighted by atomic mass is 10.2. The second kappa shape index (κ2) is 6.03. The summed E-state index contributed by atoms with van der Waals surface area (Å²) in [7, 11) is 0. The Balaban J connectivity index is 2.16. The Bertz CT molecular complexity index is 517. The number of nitrogens with zero attached hydrogens (tertiary/aromatic N) is 1. The fraction of sp³-hybridized carbons (Fsp3) is 0.250. The summed E-state index contributed by atoms with van der Waals surface area (Å²) >= 11 is 6.22. The normalized spacial score (nSPS) is 14.7. The molecule has 0 aliphatic carbocycles. The molecule has 1 fully saturated rings. The van der Waals surface area contributed by atoms with Crippen molar-refractivity contribution in [3.05, 3.63) is 29.8 Å². The first-order valence-corrected chi connectivity index (χ1v) is 7.05. The Kier molecular flexibility index (Phi) is 4.39. The molecule has 100 valence electrons. The van der Waals surface area contributed by atoms with E-state index in [1.807, 2.05) is 6.92 Å². The van der Waals surface area contributed by atoms with E-state index >= 15 is 0 Å². The van der Waals surface area contributed by atoms with Gasteiger partial charge in [-0.3, -0.25) is 15.0 Å². The van der Waals surface area contributed by atoms with Crippen LogP contribution in [0.1, 0.15) is 17.3 Å². The number of amides is 2. The predicted molar refractivity (Wildman–Crippen MR) is 77.0 cm³/mol. The average Bonchev–Trinajstić information content (AvgIpc) is 2.71. The van der Waals surface area contributed by atoms with Crippen LogP contribution in [0.3, 0.4) is 0 Å². The SMILES string of the molecule is CCOc1ccccc1C(=O)NN1C(=O)CSC1=S. The molecular formula is C12H12N2O3S2. The van der Waals surface area contributed by atoms with Gasteiger partial charge in [-0.25, -0.2) is 5.01 Å². The zero-order valence-electron chi connectivity index (χ0n) is 10.2. The fourth-order valence-corrected chi connectivity index (χ4v) is 2.54. The summed E-state index contributed by atoms with van der Waals surface area (Å²) in [5.41, 5.74) is 2.87. The number of thioether (sulfide) groups is 1. The molecule has 0 bridgehead atoms. The molecule has 1 aliphatic rings. The summed E-state index contributed by atoms with van der Waals surface area (Å²) in [6, 6.07) is 6.86. The molecule has 1 aromatic rings. The number of thiocarbonyl (C=S) groups is 1. The number of benzene rings is 1. The molecule has 5 nitrogen and oxygen atoms in total. The van der Waals surface area contributed by atoms with Crippen molar-refractivity contribution in [1.29, 1.82) is 0 Å². The van der Waals surface area contributed by atoms with Gasteiger partial charge in [-0.2, -0.15) is 0 Å². The number of carbonyl (C=O) groups is 2. The van der Waals surface area contributed by atoms with Crippen molar-refractivity contribution in [3.8, 4) is 5.75 Å². The van der Waals surface area contributed by atoms with Crippen molar-refractivity contribution in [2.45, 2.75) is 6.92 Å². The molecule has 19 heavy (non-hydrogen) atoms. The molecule has 1 heterocycles. The Morgan fingerprint density at radius 3 is 2.89 bits per heavy atom. The lowest BCUT2D eigenvalue weighted by molar-refractivity contribution is -0.125. The van der Waals surface area contributed by atoms with Crippen molar-refractivity contribution >= 4 is 40.1 Å². The van der Waals surface area contributed by atoms with Crippen LogP contribution < -0.4 is 10.2 Å². The van der Waals surface area contributed by atoms with Gasteiger partial charge in [0.15, 0.2) is 4.32 Å². The van der Waals surface area contributed by atoms with Crippen LogP contribution in [0.4, 0.5) is 0 Å². The highest BCUT2D eigenvalue weighted by molar-refractivity contribution is 8.23. The third kappa shape index (κ3) is 3.05. The van der Waals surface area contributed by atoms with Gasteiger partial charge >= 0.3 is 0 Å². The van der Waals surface area contributed by atoms with Crippen LogP contribution in [0, 0.1) is 0 Å². The number of carbonyl (C=O) groups excluding carboxylic acids is 2. The first-order chi connectivity index (χ1) is 9.13. The van der Waals surface area contributed by atoms with Crippen molar-refractivity contribution in [2.24, 2.45) is 0 Å². The molecule has 0 saturated carbocycles. The van der Waals surface area contributed by atoms with E-state index in [-0.39, 0.29) is 11.7 Å². The van der Waals surface area contributed by atoms with Crippen molar-refractivity contribution in [1.82, 2.24) is 10.4 Å². The van der Waals surface area contributed by atoms with Crippen molar-refractivity contribution in [2.75, 3.05) is 12.4 Å². The monoisotopic (exact) mass is 296 g/mol. The van der Waals surface area contributed by atoms with Crippen LogP contribution in [0.15, 0.2) is 24.3 Å². The summed E-state index contributed by atoms with van der Waals surface area (Å²) in [5, 5.41) is 1.10. The number of para-hydroxylation sites is 1. The number of hydrazine groups is 1. The molecule has 0 spiro atoms. The Labute approximate surface area is 120 Å². The van der Waals surface area contributed by atoms with E-state index in [1.165, 1.54) is 11.8 Å². The Morgan fingerprint density at radius 1 is 1.53 bits per heavy atom. The molecule has 7 heteroatoms. The number of hydrogen-bond acceptors (Lipinski definition) is 5. The van der Waals surface area contributed by atoms with Gasteiger partial charge in [-0.1, -0.05) is 36.1 Å². The van der Waals surface area contributed by atoms with E-state index in [1.54, 1.807) is 24.3 Å². The predicted octanol–water partition coefficient (Wildman–Crippen LogP) is 1.59. The molecule has 1 N–H and O–H groups in total. The number of hydrogen-bond donors (Lipinski definition) is 1. The van der Waals surface area contributed by atoms with Gasteiger partial charge in [0.2, 0.25) is 0 Å². The van der Waals surface area contributed by atoms with E-state index < -0.39 is 5.91 Å². The lowest BCUT2D eigenvalue weighted by Gasteiger charge is -2.17. The van der Waals surface area contributed by atoms with Crippen LogP contribution in [-0.2, 0) is 4.79 Å². The molecule has 0 atom stereocenters. The summed E-state index contributed by atoms with van der Waals surface area (Å²) in [6.07, 6.45) is 0. The lowest BCUT2D eigenvalue weighted by Crippen LogP contribution is -2.45. The first-order valence-electron chi connectivity index (χ1n) is 5.66. The van der Waals surface area contributed by atoms with Crippen LogP contribution in [0.25, 0.3) is 0 Å². The van der Waals surface area contributed by atoms with Crippen LogP contribution in [0.2, 0.25) is 0 Å². The average molecular weight is 296 g/mol. The molecule has 0 radical (unpaired) electrons. The molecular weight excluding hydrogens is 284 g/mol. The van der Waals surface area contributed by atoms with Gasteiger partial charge in [0, 0.05) is 0 Å². The van der Waals surface area contributed by atoms with E-state index in [0.717, 1.165) is 5.01 Å². The summed E-state index contributed by atoms with van der Waals surface area (Å²) in [6.45, 7) is 2.30. The standard InChI is InChI=1S/C12H12N2O3S2/c1-2-17-9-6-4-3-5-8(9)11(16)13-14-10(15)7-19-12(14)18/h3-6H,2,7H2,1H3,(H,13,16). The zero-order valence-corrected chi connectivity index (χ0v) is 11.8. The third-order valence-corrected chi connectivity index (χ3v) is 3.75. The highest BCUT2D eigenvalue weighted by atomic mass is 32.2. The highest BCUT2D eigenvalue weighted by Gasteiger charge is 2.29. The number of ether oxygens (including phenoxy) is 1. The Hall–Kier alpha value is -1.60. The van der Waals surface area contributed by atoms with Crippen LogP contribution in [0.5, 0.6) is 5.75 Å². The third-order valence-electron chi connectivity index (χ3n) is 2.40. The van der Waals surface area contributed by atoms with Gasteiger partial charge in [-0.05, 0) is 19.1 Å². The molecule has 1 aliphatic heterocycles. The second-order valence-electron chi connectivity index (χ2n) is 3.65. The molecule has 1 saturated heterocycles. The maximum absolute atomic E-state index is 12.1. The largest absolute Gasteiger partial charge is 0.493 e. The number of rotatable bonds is 4. The number of nitrogens with one attached hydrogen (secondary N) is 1. The minimum atomic E-state index is -0.415. The summed E-state index contributed by atoms with van der Waals surface area (Å²) < 4.78 is 5.73. The highest BCUT2D eigenvalue weighted by Crippen LogP contribution is 2.20. The molecule has 1 aromatic carbocycles. The Morgan fingerprint density at radius 2 is 2.26 bits per heavy atom. The zero-order chi connectivity index (χ0) is 13.8. The maximum Gasteiger partial charge on any atom is 0.274 e. The smallest absolute Gasteiger partial charge is 0.274 e. The fourth-order valence-electron chi connectivity index (χ4n) is 1.56. The van der Waals surface area contributed by atoms with E-state index in [9.17, 15) is 9.59 Å². The van der Waals surface area contributed by atoms with E-state index in [4.69, 9.17) is 17.0 Å². The van der Waals surface area contributed by atoms with Crippen molar-refractivity contribution in [3.63, 3.8) is 0 Å². The topological polar surface area (TPSA) is 58.6 Å². The van der Waals surface area contributed by atoms with Gasteiger partial charge < -0.3 is 4.74 Å². The van der Waals surface area contributed by atoms with E-state index in [2.05, 4.69) is 5.43 Å². The first kappa shape index (κ1) is 13.8. The summed E-state index contributed by atoms with van der Waals surface area (Å²) in [5.74, 6) is 0.0962. The molecule has 2 rings (SSSR count). The van der Waals surface area contributed by atoms with E-state index in [0.29, 0.717) is 22.2 Å². The molecule has 0 unspecified atom stereocenters. The summed E-state index contributed by atoms with van der Waals surface area (Å²) in [4.78, 5) is 23.7. The second-order valence-corrected chi connectivity index (χ2v) is 5.26. The maximum atomic E-state index is 12.1. The van der Waals surface area contributed by atoms with Crippen LogP contribution >= 0.6 is 24.0 Å². The minimum absolute atomic E-state index is 0.225. The molecule has 2 amide bonds. The quantitative estimate of drug-likeness (QED) is 0.855. The van der Waals surface area contributed by atoms with Crippen LogP contribution in [-0.4, -0.2) is 33.5 Å². The van der Waals surface area contributed by atoms with Gasteiger partial charge in [0.05, 0.1) is 17.9 Å².